The maximum atomic E-state index is 13.2. The van der Waals surface area contributed by atoms with Crippen LogP contribution in [0.5, 0.6) is 11.5 Å². The van der Waals surface area contributed by atoms with E-state index in [1.54, 1.807) is 24.3 Å². The van der Waals surface area contributed by atoms with E-state index in [2.05, 4.69) is 4.98 Å². The van der Waals surface area contributed by atoms with E-state index in [1.807, 2.05) is 50.4 Å². The van der Waals surface area contributed by atoms with Gasteiger partial charge < -0.3 is 9.47 Å². The minimum Gasteiger partial charge on any atom is -0.494 e. The van der Waals surface area contributed by atoms with Crippen LogP contribution in [0.2, 0.25) is 0 Å². The summed E-state index contributed by atoms with van der Waals surface area (Å²) < 4.78 is 12.5. The Hall–Kier alpha value is -3.45. The van der Waals surface area contributed by atoms with Crippen LogP contribution in [0.3, 0.4) is 0 Å². The highest BCUT2D eigenvalue weighted by molar-refractivity contribution is 7.17. The molecule has 0 unspecified atom stereocenters. The first-order chi connectivity index (χ1) is 15.5. The summed E-state index contributed by atoms with van der Waals surface area (Å²) in [6.45, 7) is 6.34. The predicted octanol–water partition coefficient (Wildman–Crippen LogP) is 5.19. The Labute approximate surface area is 190 Å². The van der Waals surface area contributed by atoms with E-state index >= 15 is 0 Å². The molecule has 2 aromatic carbocycles. The SMILES string of the molecule is CCOc1ccc(-c2csc3ncn(CC(=O)c4ccc(OC(C)C)cc4)c(=O)c23)cc1. The number of carbonyl (C=O) groups excluding carboxylic acids is 1. The summed E-state index contributed by atoms with van der Waals surface area (Å²) in [6.07, 6.45) is 1.50. The van der Waals surface area contributed by atoms with Crippen molar-refractivity contribution in [2.45, 2.75) is 33.4 Å². The van der Waals surface area contributed by atoms with Crippen LogP contribution in [0.25, 0.3) is 21.3 Å². The number of ketones is 1. The molecule has 0 aliphatic rings. The molecule has 0 fully saturated rings. The second-order valence-corrected chi connectivity index (χ2v) is 8.44. The molecule has 164 valence electrons. The molecule has 0 aliphatic heterocycles. The molecule has 0 bridgehead atoms. The fourth-order valence-corrected chi connectivity index (χ4v) is 4.33. The molecular formula is C25H24N2O4S. The first kappa shape index (κ1) is 21.8. The largest absolute Gasteiger partial charge is 0.494 e. The lowest BCUT2D eigenvalue weighted by Gasteiger charge is -2.10. The topological polar surface area (TPSA) is 70.4 Å². The third-order valence-corrected chi connectivity index (χ3v) is 5.79. The molecule has 0 spiro atoms. The number of fused-ring (bicyclic) bond motifs is 1. The first-order valence-corrected chi connectivity index (χ1v) is 11.3. The zero-order valence-corrected chi connectivity index (χ0v) is 19.0. The fourth-order valence-electron chi connectivity index (χ4n) is 3.43. The van der Waals surface area contributed by atoms with E-state index in [0.717, 1.165) is 16.9 Å². The lowest BCUT2D eigenvalue weighted by molar-refractivity contribution is 0.0970. The summed E-state index contributed by atoms with van der Waals surface area (Å²) in [5, 5.41) is 2.45. The van der Waals surface area contributed by atoms with Gasteiger partial charge in [-0.2, -0.15) is 0 Å². The Kier molecular flexibility index (Phi) is 6.37. The van der Waals surface area contributed by atoms with Gasteiger partial charge in [-0.1, -0.05) is 12.1 Å². The van der Waals surface area contributed by atoms with Crippen LogP contribution < -0.4 is 15.0 Å². The van der Waals surface area contributed by atoms with E-state index in [1.165, 1.54) is 22.2 Å². The number of thiophene rings is 1. The van der Waals surface area contributed by atoms with E-state index < -0.39 is 0 Å². The molecule has 0 amide bonds. The third kappa shape index (κ3) is 4.57. The molecule has 32 heavy (non-hydrogen) atoms. The van der Waals surface area contributed by atoms with Gasteiger partial charge in [-0.25, -0.2) is 4.98 Å². The van der Waals surface area contributed by atoms with Crippen LogP contribution in [0.1, 0.15) is 31.1 Å². The van der Waals surface area contributed by atoms with Gasteiger partial charge in [0.1, 0.15) is 16.3 Å². The lowest BCUT2D eigenvalue weighted by atomic mass is 10.1. The predicted molar refractivity (Wildman–Crippen MR) is 127 cm³/mol. The van der Waals surface area contributed by atoms with Crippen LogP contribution in [0.4, 0.5) is 0 Å². The molecule has 4 aromatic rings. The van der Waals surface area contributed by atoms with Crippen LogP contribution >= 0.6 is 11.3 Å². The highest BCUT2D eigenvalue weighted by Gasteiger charge is 2.16. The number of aromatic nitrogens is 2. The van der Waals surface area contributed by atoms with Crippen molar-refractivity contribution in [3.63, 3.8) is 0 Å². The number of benzene rings is 2. The lowest BCUT2D eigenvalue weighted by Crippen LogP contribution is -2.24. The van der Waals surface area contributed by atoms with Crippen LogP contribution in [-0.2, 0) is 6.54 Å². The van der Waals surface area contributed by atoms with E-state index in [0.29, 0.717) is 28.1 Å². The van der Waals surface area contributed by atoms with Crippen LogP contribution in [0, 0.1) is 0 Å². The van der Waals surface area contributed by atoms with Crippen molar-refractivity contribution < 1.29 is 14.3 Å². The van der Waals surface area contributed by atoms with E-state index in [-0.39, 0.29) is 24.0 Å². The van der Waals surface area contributed by atoms with Crippen molar-refractivity contribution in [3.05, 3.63) is 76.2 Å². The first-order valence-electron chi connectivity index (χ1n) is 10.5. The van der Waals surface area contributed by atoms with Crippen molar-refractivity contribution in [1.82, 2.24) is 9.55 Å². The molecule has 0 radical (unpaired) electrons. The van der Waals surface area contributed by atoms with Gasteiger partial charge in [-0.3, -0.25) is 14.2 Å². The smallest absolute Gasteiger partial charge is 0.263 e. The second-order valence-electron chi connectivity index (χ2n) is 7.58. The zero-order chi connectivity index (χ0) is 22.7. The van der Waals surface area contributed by atoms with Crippen LogP contribution in [0.15, 0.2) is 65.0 Å². The van der Waals surface area contributed by atoms with Gasteiger partial charge in [0.15, 0.2) is 5.78 Å². The molecule has 0 aliphatic carbocycles. The number of ether oxygens (including phenoxy) is 2. The summed E-state index contributed by atoms with van der Waals surface area (Å²) in [5.74, 6) is 1.32. The normalized spacial score (nSPS) is 11.1. The Morgan fingerprint density at radius 3 is 2.41 bits per heavy atom. The minimum absolute atomic E-state index is 0.0584. The molecule has 0 atom stereocenters. The van der Waals surface area contributed by atoms with E-state index in [9.17, 15) is 9.59 Å². The molecule has 4 rings (SSSR count). The van der Waals surface area contributed by atoms with Gasteiger partial charge >= 0.3 is 0 Å². The molecule has 0 saturated heterocycles. The average Bonchev–Trinajstić information content (AvgIpc) is 3.21. The number of rotatable bonds is 8. The van der Waals surface area contributed by atoms with Crippen molar-refractivity contribution in [1.29, 1.82) is 0 Å². The summed E-state index contributed by atoms with van der Waals surface area (Å²) in [5.41, 5.74) is 2.00. The quantitative estimate of drug-likeness (QED) is 0.347. The Morgan fingerprint density at radius 1 is 1.06 bits per heavy atom. The molecule has 7 heteroatoms. The molecular weight excluding hydrogens is 424 g/mol. The summed E-state index contributed by atoms with van der Waals surface area (Å²) in [6, 6.07) is 14.6. The summed E-state index contributed by atoms with van der Waals surface area (Å²) in [7, 11) is 0. The maximum absolute atomic E-state index is 13.2. The van der Waals surface area contributed by atoms with Gasteiger partial charge in [-0.15, -0.1) is 11.3 Å². The number of hydrogen-bond acceptors (Lipinski definition) is 6. The van der Waals surface area contributed by atoms with Gasteiger partial charge in [0, 0.05) is 16.5 Å². The van der Waals surface area contributed by atoms with Crippen molar-refractivity contribution in [2.75, 3.05) is 6.61 Å². The van der Waals surface area contributed by atoms with Crippen LogP contribution in [-0.4, -0.2) is 28.0 Å². The monoisotopic (exact) mass is 448 g/mol. The molecule has 0 N–H and O–H groups in total. The molecule has 2 aromatic heterocycles. The highest BCUT2D eigenvalue weighted by Crippen LogP contribution is 2.31. The molecule has 0 saturated carbocycles. The maximum Gasteiger partial charge on any atom is 0.263 e. The average molecular weight is 449 g/mol. The zero-order valence-electron chi connectivity index (χ0n) is 18.2. The highest BCUT2D eigenvalue weighted by atomic mass is 32.1. The number of carbonyl (C=O) groups is 1. The van der Waals surface area contributed by atoms with Gasteiger partial charge in [0.2, 0.25) is 0 Å². The third-order valence-electron chi connectivity index (χ3n) is 4.90. The molecule has 6 nitrogen and oxygen atoms in total. The minimum atomic E-state index is -0.228. The van der Waals surface area contributed by atoms with E-state index in [4.69, 9.17) is 9.47 Å². The van der Waals surface area contributed by atoms with Crippen molar-refractivity contribution in [2.24, 2.45) is 0 Å². The standard InChI is InChI=1S/C25H24N2O4S/c1-4-30-19-9-5-17(6-10-19)21-14-32-24-23(21)25(29)27(15-26-24)13-22(28)18-7-11-20(12-8-18)31-16(2)3/h5-12,14-16H,4,13H2,1-3H3. The Balaban J connectivity index is 1.61. The summed E-state index contributed by atoms with van der Waals surface area (Å²) >= 11 is 1.41. The van der Waals surface area contributed by atoms with Gasteiger partial charge in [-0.05, 0) is 62.7 Å². The Bertz CT molecular complexity index is 1290. The number of Topliss-reactive ketones (excluding diaryl/α,β-unsaturated/α-hetero) is 1. The fraction of sp³-hybridized carbons (Fsp3) is 0.240. The van der Waals surface area contributed by atoms with Crippen molar-refractivity contribution >= 4 is 27.3 Å². The summed E-state index contributed by atoms with van der Waals surface area (Å²) in [4.78, 5) is 31.1. The van der Waals surface area contributed by atoms with Crippen molar-refractivity contribution in [3.8, 4) is 22.6 Å². The van der Waals surface area contributed by atoms with Gasteiger partial charge in [0.25, 0.3) is 5.56 Å². The Morgan fingerprint density at radius 2 is 1.75 bits per heavy atom. The number of nitrogens with zero attached hydrogens (tertiary/aromatic N) is 2. The second kappa shape index (κ2) is 9.36. The molecule has 2 heterocycles. The van der Waals surface area contributed by atoms with Gasteiger partial charge in [0.05, 0.1) is 31.0 Å². The number of hydrogen-bond donors (Lipinski definition) is 0.